The van der Waals surface area contributed by atoms with Gasteiger partial charge in [-0.15, -0.1) is 0 Å². The summed E-state index contributed by atoms with van der Waals surface area (Å²) in [6.45, 7) is 4.15. The van der Waals surface area contributed by atoms with Crippen molar-refractivity contribution in [1.29, 1.82) is 0 Å². The maximum atomic E-state index is 5.18. The maximum absolute atomic E-state index is 5.18. The molecule has 0 aliphatic rings. The molecule has 2 aromatic heterocycles. The normalized spacial score (nSPS) is 11.8. The van der Waals surface area contributed by atoms with E-state index in [0.29, 0.717) is 0 Å². The third-order valence-electron chi connectivity index (χ3n) is 7.85. The number of aryl methyl sites for hydroxylation is 2. The largest absolute Gasteiger partial charge is 0.309 e. The molecule has 3 nitrogen and oxygen atoms in total. The van der Waals surface area contributed by atoms with Crippen LogP contribution in [0.5, 0.6) is 0 Å². The van der Waals surface area contributed by atoms with E-state index in [1.807, 2.05) is 0 Å². The van der Waals surface area contributed by atoms with Crippen molar-refractivity contribution in [2.24, 2.45) is 0 Å². The molecular formula is C36H29N3Si. The fraction of sp³-hybridized carbons (Fsp3) is 0.0556. The lowest BCUT2D eigenvalue weighted by Crippen LogP contribution is -2.76. The van der Waals surface area contributed by atoms with Crippen LogP contribution < -0.4 is 21.0 Å². The first-order chi connectivity index (χ1) is 19.7. The van der Waals surface area contributed by atoms with Crippen LogP contribution in [0.15, 0.2) is 140 Å². The molecule has 0 saturated carbocycles. The molecule has 0 saturated heterocycles. The molecule has 0 atom stereocenters. The first-order valence-electron chi connectivity index (χ1n) is 13.7. The molecule has 0 amide bonds. The molecule has 2 heterocycles. The van der Waals surface area contributed by atoms with Gasteiger partial charge in [0.2, 0.25) is 8.07 Å². The summed E-state index contributed by atoms with van der Waals surface area (Å²) in [5.41, 5.74) is 6.47. The maximum Gasteiger partial charge on any atom is 0.226 e. The van der Waals surface area contributed by atoms with Gasteiger partial charge in [0.05, 0.1) is 11.0 Å². The lowest BCUT2D eigenvalue weighted by molar-refractivity contribution is 1.09. The molecule has 0 N–H and O–H groups in total. The number of hydrogen-bond acceptors (Lipinski definition) is 2. The molecule has 192 valence electrons. The molecule has 0 radical (unpaired) electrons. The first-order valence-corrected chi connectivity index (χ1v) is 15.7. The van der Waals surface area contributed by atoms with E-state index in [-0.39, 0.29) is 0 Å². The fourth-order valence-electron chi connectivity index (χ4n) is 6.22. The second kappa shape index (κ2) is 9.74. The van der Waals surface area contributed by atoms with Gasteiger partial charge in [-0.25, -0.2) is 9.97 Å². The van der Waals surface area contributed by atoms with Crippen LogP contribution in [0.3, 0.4) is 0 Å². The first kappa shape index (κ1) is 24.3. The Hall–Kier alpha value is -4.80. The third-order valence-corrected chi connectivity index (χ3v) is 12.3. The van der Waals surface area contributed by atoms with E-state index in [0.717, 1.165) is 22.5 Å². The predicted octanol–water partition coefficient (Wildman–Crippen LogP) is 5.57. The molecule has 4 heteroatoms. The third kappa shape index (κ3) is 3.80. The van der Waals surface area contributed by atoms with Gasteiger partial charge in [-0.3, -0.25) is 0 Å². The second-order valence-electron chi connectivity index (χ2n) is 10.4. The summed E-state index contributed by atoms with van der Waals surface area (Å²) < 4.78 is 2.37. The summed E-state index contributed by atoms with van der Waals surface area (Å²) in [7, 11) is -2.87. The number of hydrogen-bond donors (Lipinski definition) is 0. The van der Waals surface area contributed by atoms with Gasteiger partial charge in [-0.2, -0.15) is 0 Å². The SMILES string of the molecule is Cc1cc(C)nc([Si](c2ccccc2)(c2ccccc2)c2ccc3c(c2)c2ccccc2n3-c2ccccc2)n1. The molecule has 0 aliphatic carbocycles. The predicted molar refractivity (Wildman–Crippen MR) is 169 cm³/mol. The summed E-state index contributed by atoms with van der Waals surface area (Å²) in [5, 5.41) is 6.31. The number of fused-ring (bicyclic) bond motifs is 3. The van der Waals surface area contributed by atoms with Crippen molar-refractivity contribution in [3.8, 4) is 5.69 Å². The molecular weight excluding hydrogens is 503 g/mol. The van der Waals surface area contributed by atoms with Crippen molar-refractivity contribution < 1.29 is 0 Å². The van der Waals surface area contributed by atoms with E-state index >= 15 is 0 Å². The minimum absolute atomic E-state index is 0.925. The van der Waals surface area contributed by atoms with Crippen LogP contribution in [0.25, 0.3) is 27.5 Å². The molecule has 0 spiro atoms. The van der Waals surface area contributed by atoms with Crippen molar-refractivity contribution in [3.05, 3.63) is 151 Å². The van der Waals surface area contributed by atoms with Crippen LogP contribution in [-0.4, -0.2) is 22.6 Å². The van der Waals surface area contributed by atoms with Gasteiger partial charge >= 0.3 is 0 Å². The van der Waals surface area contributed by atoms with E-state index in [4.69, 9.17) is 9.97 Å². The highest BCUT2D eigenvalue weighted by molar-refractivity contribution is 7.19. The van der Waals surface area contributed by atoms with Gasteiger partial charge < -0.3 is 4.57 Å². The Balaban J connectivity index is 1.62. The highest BCUT2D eigenvalue weighted by Gasteiger charge is 2.45. The second-order valence-corrected chi connectivity index (χ2v) is 14.1. The summed E-state index contributed by atoms with van der Waals surface area (Å²) in [6.07, 6.45) is 0. The lowest BCUT2D eigenvalue weighted by atomic mass is 10.1. The van der Waals surface area contributed by atoms with Crippen molar-refractivity contribution in [3.63, 3.8) is 0 Å². The topological polar surface area (TPSA) is 30.7 Å². The molecule has 7 aromatic rings. The van der Waals surface area contributed by atoms with Gasteiger partial charge in [0.1, 0.15) is 5.45 Å². The average Bonchev–Trinajstić information content (AvgIpc) is 3.33. The van der Waals surface area contributed by atoms with E-state index < -0.39 is 8.07 Å². The summed E-state index contributed by atoms with van der Waals surface area (Å²) in [6, 6.07) is 50.2. The van der Waals surface area contributed by atoms with Crippen LogP contribution >= 0.6 is 0 Å². The standard InChI is InChI=1S/C36H29N3Si/c1-26-24-27(2)38-36(37-26)40(29-16-8-4-9-17-29,30-18-10-5-11-19-30)31-22-23-35-33(25-31)32-20-12-13-21-34(32)39(35)28-14-6-3-7-15-28/h3-25H,1-2H3. The van der Waals surface area contributed by atoms with Gasteiger partial charge in [-0.05, 0) is 59.7 Å². The number of benzene rings is 5. The molecule has 40 heavy (non-hydrogen) atoms. The van der Waals surface area contributed by atoms with E-state index in [1.54, 1.807) is 0 Å². The highest BCUT2D eigenvalue weighted by Crippen LogP contribution is 2.31. The van der Waals surface area contributed by atoms with Crippen LogP contribution in [0.1, 0.15) is 11.4 Å². The number of aromatic nitrogens is 3. The van der Waals surface area contributed by atoms with E-state index in [1.165, 1.54) is 37.4 Å². The number of para-hydroxylation sites is 2. The van der Waals surface area contributed by atoms with Crippen molar-refractivity contribution in [2.75, 3.05) is 0 Å². The lowest BCUT2D eigenvalue weighted by Gasteiger charge is -2.32. The van der Waals surface area contributed by atoms with E-state index in [2.05, 4.69) is 158 Å². The zero-order valence-corrected chi connectivity index (χ0v) is 23.6. The summed E-state index contributed by atoms with van der Waals surface area (Å²) in [5.74, 6) is 0. The Morgan fingerprint density at radius 1 is 0.475 bits per heavy atom. The highest BCUT2D eigenvalue weighted by atomic mass is 28.3. The summed E-state index contributed by atoms with van der Waals surface area (Å²) in [4.78, 5) is 10.4. The Morgan fingerprint density at radius 2 is 1.00 bits per heavy atom. The Labute approximate surface area is 235 Å². The Bertz CT molecular complexity index is 1900. The van der Waals surface area contributed by atoms with Crippen LogP contribution in [0.4, 0.5) is 0 Å². The molecule has 0 bridgehead atoms. The van der Waals surface area contributed by atoms with Gasteiger partial charge in [0.15, 0.2) is 0 Å². The molecule has 7 rings (SSSR count). The van der Waals surface area contributed by atoms with Crippen LogP contribution in [0.2, 0.25) is 0 Å². The molecule has 0 aliphatic heterocycles. The Morgan fingerprint density at radius 3 is 1.62 bits per heavy atom. The van der Waals surface area contributed by atoms with Crippen molar-refractivity contribution in [2.45, 2.75) is 13.8 Å². The van der Waals surface area contributed by atoms with Gasteiger partial charge in [0.25, 0.3) is 0 Å². The minimum atomic E-state index is -2.87. The number of nitrogens with zero attached hydrogens (tertiary/aromatic N) is 3. The van der Waals surface area contributed by atoms with Gasteiger partial charge in [0, 0.05) is 27.8 Å². The Kier molecular flexibility index (Phi) is 5.91. The van der Waals surface area contributed by atoms with E-state index in [9.17, 15) is 0 Å². The van der Waals surface area contributed by atoms with Gasteiger partial charge in [-0.1, -0.05) is 109 Å². The smallest absolute Gasteiger partial charge is 0.226 e. The number of rotatable bonds is 5. The van der Waals surface area contributed by atoms with Crippen LogP contribution in [-0.2, 0) is 0 Å². The zero-order valence-electron chi connectivity index (χ0n) is 22.6. The fourth-order valence-corrected chi connectivity index (χ4v) is 10.8. The molecule has 0 fully saturated rings. The monoisotopic (exact) mass is 531 g/mol. The van der Waals surface area contributed by atoms with Crippen molar-refractivity contribution >= 4 is 50.9 Å². The van der Waals surface area contributed by atoms with Crippen LogP contribution in [0, 0.1) is 13.8 Å². The molecule has 0 unspecified atom stereocenters. The average molecular weight is 532 g/mol. The zero-order chi connectivity index (χ0) is 27.1. The van der Waals surface area contributed by atoms with Crippen molar-refractivity contribution in [1.82, 2.24) is 14.5 Å². The molecule has 5 aromatic carbocycles. The quantitative estimate of drug-likeness (QED) is 0.215. The minimum Gasteiger partial charge on any atom is -0.309 e. The summed E-state index contributed by atoms with van der Waals surface area (Å²) >= 11 is 0.